The predicted molar refractivity (Wildman–Crippen MR) is 117 cm³/mol. The van der Waals surface area contributed by atoms with Crippen LogP contribution in [0.25, 0.3) is 0 Å². The first kappa shape index (κ1) is 24.7. The molecule has 0 heterocycles. The Morgan fingerprint density at radius 2 is 0.680 bits per heavy atom. The van der Waals surface area contributed by atoms with Crippen LogP contribution in [-0.2, 0) is 0 Å². The van der Waals surface area contributed by atoms with Gasteiger partial charge in [-0.25, -0.2) is 0 Å². The fourth-order valence-electron chi connectivity index (χ4n) is 3.56. The highest BCUT2D eigenvalue weighted by Crippen LogP contribution is 2.15. The zero-order chi connectivity index (χ0) is 18.3. The predicted octanol–water partition coefficient (Wildman–Crippen LogP) is 9.40. The highest BCUT2D eigenvalue weighted by Gasteiger charge is 1.95. The van der Waals surface area contributed by atoms with Crippen molar-refractivity contribution in [3.05, 3.63) is 26.0 Å². The number of hydrogen-bond donors (Lipinski definition) is 0. The van der Waals surface area contributed by atoms with Gasteiger partial charge in [-0.2, -0.15) is 0 Å². The zero-order valence-electron chi connectivity index (χ0n) is 17.4. The summed E-state index contributed by atoms with van der Waals surface area (Å²) in [6, 6.07) is 0. The van der Waals surface area contributed by atoms with Crippen molar-refractivity contribution in [3.8, 4) is 0 Å². The summed E-state index contributed by atoms with van der Waals surface area (Å²) >= 11 is 0. The number of allylic oxidation sites excluding steroid dienone is 2. The molecule has 25 heavy (non-hydrogen) atoms. The van der Waals surface area contributed by atoms with E-state index in [-0.39, 0.29) is 0 Å². The fraction of sp³-hybridized carbons (Fsp3) is 0.840. The van der Waals surface area contributed by atoms with Gasteiger partial charge in [0.05, 0.1) is 0 Å². The molecule has 0 nitrogen and oxygen atoms in total. The van der Waals surface area contributed by atoms with Crippen LogP contribution >= 0.6 is 0 Å². The molecule has 0 aliphatic rings. The lowest BCUT2D eigenvalue weighted by atomic mass is 10.0. The second kappa shape index (κ2) is 23.7. The molecular weight excluding hydrogens is 300 g/mol. The summed E-state index contributed by atoms with van der Waals surface area (Å²) in [5, 5.41) is 0. The van der Waals surface area contributed by atoms with E-state index in [4.69, 9.17) is 0 Å². The smallest absolute Gasteiger partial charge is 0.0316 e. The van der Waals surface area contributed by atoms with Crippen LogP contribution in [0.2, 0.25) is 0 Å². The molecule has 148 valence electrons. The van der Waals surface area contributed by atoms with E-state index in [1.807, 2.05) is 6.08 Å². The quantitative estimate of drug-likeness (QED) is 0.181. The van der Waals surface area contributed by atoms with Crippen molar-refractivity contribution in [1.29, 1.82) is 0 Å². The van der Waals surface area contributed by atoms with Crippen LogP contribution < -0.4 is 0 Å². The maximum absolute atomic E-state index is 3.90. The molecule has 0 spiro atoms. The van der Waals surface area contributed by atoms with Crippen LogP contribution in [0.5, 0.6) is 0 Å². The molecule has 0 aliphatic carbocycles. The third-order valence-corrected chi connectivity index (χ3v) is 5.29. The van der Waals surface area contributed by atoms with Crippen molar-refractivity contribution in [3.63, 3.8) is 0 Å². The minimum atomic E-state index is 1.12. The lowest BCUT2D eigenvalue weighted by Crippen LogP contribution is -1.84. The van der Waals surface area contributed by atoms with Gasteiger partial charge >= 0.3 is 0 Å². The van der Waals surface area contributed by atoms with Gasteiger partial charge in [-0.1, -0.05) is 141 Å². The van der Waals surface area contributed by atoms with E-state index in [2.05, 4.69) is 19.9 Å². The zero-order valence-corrected chi connectivity index (χ0v) is 17.4. The Labute approximate surface area is 161 Å². The maximum atomic E-state index is 3.90. The molecule has 0 N–H and O–H groups in total. The van der Waals surface area contributed by atoms with Gasteiger partial charge in [0.15, 0.2) is 0 Å². The van der Waals surface area contributed by atoms with Gasteiger partial charge in [-0.15, -0.1) is 0 Å². The second-order valence-corrected chi connectivity index (χ2v) is 7.83. The van der Waals surface area contributed by atoms with E-state index in [1.54, 1.807) is 0 Å². The molecule has 0 bridgehead atoms. The first-order chi connectivity index (χ1) is 12.4. The van der Waals surface area contributed by atoms with Crippen LogP contribution in [0, 0.1) is 13.8 Å². The van der Waals surface area contributed by atoms with Gasteiger partial charge in [0.25, 0.3) is 0 Å². The van der Waals surface area contributed by atoms with Crippen molar-refractivity contribution in [2.75, 3.05) is 0 Å². The lowest BCUT2D eigenvalue weighted by molar-refractivity contribution is 0.522. The molecule has 0 aromatic carbocycles. The van der Waals surface area contributed by atoms with E-state index in [0.717, 1.165) is 6.42 Å². The van der Waals surface area contributed by atoms with Crippen molar-refractivity contribution in [2.45, 2.75) is 135 Å². The van der Waals surface area contributed by atoms with E-state index in [9.17, 15) is 0 Å². The van der Waals surface area contributed by atoms with Crippen molar-refractivity contribution in [2.24, 2.45) is 0 Å². The van der Waals surface area contributed by atoms with Crippen LogP contribution in [0.1, 0.15) is 135 Å². The van der Waals surface area contributed by atoms with Gasteiger partial charge < -0.3 is 0 Å². The first-order valence-corrected chi connectivity index (χ1v) is 11.6. The van der Waals surface area contributed by atoms with E-state index >= 15 is 0 Å². The second-order valence-electron chi connectivity index (χ2n) is 7.83. The number of hydrogen-bond acceptors (Lipinski definition) is 0. The Balaban J connectivity index is 2.96. The summed E-state index contributed by atoms with van der Waals surface area (Å²) in [7, 11) is 0. The fourth-order valence-corrected chi connectivity index (χ4v) is 3.56. The molecular formula is C25H48. The Kier molecular flexibility index (Phi) is 23.5. The van der Waals surface area contributed by atoms with E-state index < -0.39 is 0 Å². The minimum absolute atomic E-state index is 1.12. The summed E-state index contributed by atoms with van der Waals surface area (Å²) in [4.78, 5) is 0. The Morgan fingerprint density at radius 1 is 0.400 bits per heavy atom. The number of unbranched alkanes of at least 4 members (excludes halogenated alkanes) is 20. The molecule has 0 unspecified atom stereocenters. The molecule has 0 saturated carbocycles. The Morgan fingerprint density at radius 3 is 0.960 bits per heavy atom. The van der Waals surface area contributed by atoms with Crippen molar-refractivity contribution in [1.82, 2.24) is 0 Å². The molecule has 0 atom stereocenters. The molecule has 0 aromatic rings. The van der Waals surface area contributed by atoms with Gasteiger partial charge in [0.2, 0.25) is 0 Å². The summed E-state index contributed by atoms with van der Waals surface area (Å²) in [5.41, 5.74) is 0. The molecule has 0 aliphatic heterocycles. The standard InChI is InChI=1S/C25H48/c1-3-5-7-9-11-13-15-17-19-21-23-25-24-22-20-18-16-14-12-10-8-6-4-2/h3,5H,1-2,4,6-25H2/b5-3+. The molecule has 0 rings (SSSR count). The van der Waals surface area contributed by atoms with Crippen LogP contribution in [0.15, 0.2) is 12.2 Å². The van der Waals surface area contributed by atoms with Gasteiger partial charge in [-0.05, 0) is 19.8 Å². The summed E-state index contributed by atoms with van der Waals surface area (Å²) < 4.78 is 0. The minimum Gasteiger partial charge on any atom is -0.0885 e. The first-order valence-electron chi connectivity index (χ1n) is 11.6. The third kappa shape index (κ3) is 23.7. The van der Waals surface area contributed by atoms with Crippen LogP contribution in [-0.4, -0.2) is 0 Å². The molecule has 2 radical (unpaired) electrons. The molecule has 0 aromatic heterocycles. The molecule has 0 fully saturated rings. The van der Waals surface area contributed by atoms with Crippen molar-refractivity contribution < 1.29 is 0 Å². The molecule has 0 saturated heterocycles. The monoisotopic (exact) mass is 348 g/mol. The summed E-state index contributed by atoms with van der Waals surface area (Å²) in [5.74, 6) is 0. The summed E-state index contributed by atoms with van der Waals surface area (Å²) in [6.45, 7) is 7.63. The molecule has 0 heteroatoms. The number of rotatable bonds is 21. The Hall–Kier alpha value is -0.260. The largest absolute Gasteiger partial charge is 0.0885 e. The maximum Gasteiger partial charge on any atom is -0.0316 e. The van der Waals surface area contributed by atoms with Crippen LogP contribution in [0.3, 0.4) is 0 Å². The van der Waals surface area contributed by atoms with Gasteiger partial charge in [0, 0.05) is 0 Å². The normalized spacial score (nSPS) is 11.6. The average molecular weight is 349 g/mol. The topological polar surface area (TPSA) is 0 Å². The summed E-state index contributed by atoms with van der Waals surface area (Å²) in [6.07, 6.45) is 33.9. The highest BCUT2D eigenvalue weighted by molar-refractivity contribution is 4.83. The average Bonchev–Trinajstić information content (AvgIpc) is 2.63. The van der Waals surface area contributed by atoms with Crippen LogP contribution in [0.4, 0.5) is 0 Å². The highest BCUT2D eigenvalue weighted by atomic mass is 14.0. The molecule has 0 amide bonds. The van der Waals surface area contributed by atoms with E-state index in [1.165, 1.54) is 128 Å². The lowest BCUT2D eigenvalue weighted by Gasteiger charge is -2.04. The van der Waals surface area contributed by atoms with E-state index in [0.29, 0.717) is 0 Å². The Bertz CT molecular complexity index is 240. The van der Waals surface area contributed by atoms with Gasteiger partial charge in [0.1, 0.15) is 0 Å². The van der Waals surface area contributed by atoms with Gasteiger partial charge in [-0.3, -0.25) is 0 Å². The van der Waals surface area contributed by atoms with Crippen molar-refractivity contribution >= 4 is 0 Å². The SMILES string of the molecule is [CH2]/C=C/CCCCCCCCCCCCCCCCCCCCC[CH2]. The third-order valence-electron chi connectivity index (χ3n) is 5.29.